The summed E-state index contributed by atoms with van der Waals surface area (Å²) < 4.78 is 17.7. The van der Waals surface area contributed by atoms with Crippen LogP contribution in [-0.2, 0) is 14.3 Å². The van der Waals surface area contributed by atoms with Crippen molar-refractivity contribution in [1.29, 1.82) is 0 Å². The van der Waals surface area contributed by atoms with E-state index in [0.717, 1.165) is 23.9 Å². The molecule has 1 aromatic rings. The molecule has 1 aromatic carbocycles. The molecule has 0 radical (unpaired) electrons. The van der Waals surface area contributed by atoms with Crippen LogP contribution in [-0.4, -0.2) is 35.5 Å². The van der Waals surface area contributed by atoms with Crippen LogP contribution in [0.1, 0.15) is 5.56 Å². The molecule has 0 unspecified atom stereocenters. The first-order chi connectivity index (χ1) is 10.9. The number of nitrogens with zero attached hydrogens (tertiary/aromatic N) is 2. The van der Waals surface area contributed by atoms with E-state index in [9.17, 15) is 19.1 Å². The normalized spacial score (nSPS) is 18.0. The molecule has 7 nitrogen and oxygen atoms in total. The fraction of sp³-hybridized carbons (Fsp3) is 0.0769. The highest BCUT2D eigenvalue weighted by molar-refractivity contribution is 8.18. The number of rotatable bonds is 3. The predicted octanol–water partition coefficient (Wildman–Crippen LogP) is 1.79. The third-order valence-corrected chi connectivity index (χ3v) is 3.68. The Balaban J connectivity index is 2.11. The summed E-state index contributed by atoms with van der Waals surface area (Å²) in [6.07, 6.45) is 2.22. The largest absolute Gasteiger partial charge is 0.504 e. The molecule has 1 aliphatic rings. The van der Waals surface area contributed by atoms with E-state index in [0.29, 0.717) is 0 Å². The lowest BCUT2D eigenvalue weighted by molar-refractivity contribution is -0.135. The van der Waals surface area contributed by atoms with Crippen LogP contribution in [0.15, 0.2) is 33.3 Å². The van der Waals surface area contributed by atoms with Crippen LogP contribution in [0.25, 0.3) is 0 Å². The Bertz CT molecular complexity index is 741. The summed E-state index contributed by atoms with van der Waals surface area (Å²) in [5.41, 5.74) is 0.272. The third kappa shape index (κ3) is 4.30. The van der Waals surface area contributed by atoms with Gasteiger partial charge in [0.25, 0.3) is 5.91 Å². The standard InChI is InChI=1S/C13H9ClFN3O4S/c1-22-10(19)4-9-12(21)17-13(23-9)18-16-5-6-2-7(14)11(20)8(15)3-6/h2-5,20H,1H3,(H,17,18,21)/b9-4+,16-5?. The van der Waals surface area contributed by atoms with Crippen molar-refractivity contribution in [1.82, 2.24) is 5.32 Å². The van der Waals surface area contributed by atoms with Gasteiger partial charge in [-0.25, -0.2) is 9.18 Å². The number of halogens is 2. The lowest BCUT2D eigenvalue weighted by atomic mass is 10.2. The highest BCUT2D eigenvalue weighted by Gasteiger charge is 2.24. The fourth-order valence-electron chi connectivity index (χ4n) is 1.45. The molecule has 120 valence electrons. The quantitative estimate of drug-likeness (QED) is 0.372. The maximum Gasteiger partial charge on any atom is 0.331 e. The van der Waals surface area contributed by atoms with E-state index in [1.54, 1.807) is 0 Å². The number of phenols is 1. The summed E-state index contributed by atoms with van der Waals surface area (Å²) in [7, 11) is 1.19. The van der Waals surface area contributed by atoms with Gasteiger partial charge >= 0.3 is 5.97 Å². The monoisotopic (exact) mass is 357 g/mol. The number of benzene rings is 1. The van der Waals surface area contributed by atoms with E-state index in [-0.39, 0.29) is 20.7 Å². The number of aromatic hydroxyl groups is 1. The summed E-state index contributed by atoms with van der Waals surface area (Å²) >= 11 is 6.53. The van der Waals surface area contributed by atoms with Gasteiger partial charge in [0.05, 0.1) is 23.3 Å². The van der Waals surface area contributed by atoms with Crippen LogP contribution >= 0.6 is 23.4 Å². The van der Waals surface area contributed by atoms with Gasteiger partial charge in [0.15, 0.2) is 16.7 Å². The van der Waals surface area contributed by atoms with Gasteiger partial charge in [-0.05, 0) is 29.5 Å². The molecule has 0 atom stereocenters. The molecule has 1 aliphatic heterocycles. The van der Waals surface area contributed by atoms with Crippen LogP contribution in [0.4, 0.5) is 4.39 Å². The molecular weight excluding hydrogens is 349 g/mol. The van der Waals surface area contributed by atoms with Gasteiger partial charge < -0.3 is 9.84 Å². The number of amidine groups is 1. The topological polar surface area (TPSA) is 100 Å². The molecule has 0 aromatic heterocycles. The Morgan fingerprint density at radius 1 is 1.52 bits per heavy atom. The van der Waals surface area contributed by atoms with E-state index in [1.165, 1.54) is 19.4 Å². The van der Waals surface area contributed by atoms with Gasteiger partial charge in [0, 0.05) is 6.08 Å². The van der Waals surface area contributed by atoms with E-state index in [4.69, 9.17) is 11.6 Å². The van der Waals surface area contributed by atoms with Crippen molar-refractivity contribution >= 4 is 46.6 Å². The molecule has 2 N–H and O–H groups in total. The van der Waals surface area contributed by atoms with Crippen LogP contribution in [0.3, 0.4) is 0 Å². The molecule has 2 rings (SSSR count). The summed E-state index contributed by atoms with van der Waals surface area (Å²) in [5, 5.41) is 19.0. The molecule has 1 saturated heterocycles. The summed E-state index contributed by atoms with van der Waals surface area (Å²) in [5.74, 6) is -2.71. The molecule has 10 heteroatoms. The van der Waals surface area contributed by atoms with Gasteiger partial charge in [0.2, 0.25) is 0 Å². The number of carbonyl (C=O) groups excluding carboxylic acids is 2. The summed E-state index contributed by atoms with van der Waals surface area (Å²) in [4.78, 5) is 22.8. The molecule has 0 aliphatic carbocycles. The number of carbonyl (C=O) groups is 2. The number of methoxy groups -OCH3 is 1. The number of nitrogens with one attached hydrogen (secondary N) is 1. The second kappa shape index (κ2) is 7.25. The fourth-order valence-corrected chi connectivity index (χ4v) is 2.40. The van der Waals surface area contributed by atoms with E-state index < -0.39 is 23.4 Å². The third-order valence-electron chi connectivity index (χ3n) is 2.50. The van der Waals surface area contributed by atoms with Crippen LogP contribution in [0.2, 0.25) is 5.02 Å². The Hall–Kier alpha value is -2.39. The van der Waals surface area contributed by atoms with Crippen molar-refractivity contribution in [3.05, 3.63) is 39.5 Å². The van der Waals surface area contributed by atoms with E-state index >= 15 is 0 Å². The van der Waals surface area contributed by atoms with Gasteiger partial charge in [0.1, 0.15) is 0 Å². The van der Waals surface area contributed by atoms with Crippen LogP contribution in [0.5, 0.6) is 5.75 Å². The maximum atomic E-state index is 13.3. The minimum atomic E-state index is -0.890. The molecule has 0 spiro atoms. The first kappa shape index (κ1) is 17.0. The molecule has 1 amide bonds. The first-order valence-electron chi connectivity index (χ1n) is 5.98. The summed E-state index contributed by atoms with van der Waals surface area (Å²) in [6.45, 7) is 0. The lowest BCUT2D eigenvalue weighted by Crippen LogP contribution is -2.19. The van der Waals surface area contributed by atoms with E-state index in [1.807, 2.05) is 0 Å². The van der Waals surface area contributed by atoms with Gasteiger partial charge in [-0.1, -0.05) is 11.6 Å². The summed E-state index contributed by atoms with van der Waals surface area (Å²) in [6, 6.07) is 2.32. The molecule has 0 saturated carbocycles. The minimum absolute atomic E-state index is 0.115. The molecule has 1 fully saturated rings. The van der Waals surface area contributed by atoms with Gasteiger partial charge in [-0.15, -0.1) is 5.10 Å². The second-order valence-corrected chi connectivity index (χ2v) is 5.51. The Labute approximate surface area is 138 Å². The molecule has 0 bridgehead atoms. The smallest absolute Gasteiger partial charge is 0.331 e. The second-order valence-electron chi connectivity index (χ2n) is 4.07. The van der Waals surface area contributed by atoms with Gasteiger partial charge in [-0.3, -0.25) is 10.1 Å². The number of thioether (sulfide) groups is 1. The van der Waals surface area contributed by atoms with Crippen molar-refractivity contribution in [2.75, 3.05) is 7.11 Å². The minimum Gasteiger partial charge on any atom is -0.504 e. The lowest BCUT2D eigenvalue weighted by Gasteiger charge is -1.99. The predicted molar refractivity (Wildman–Crippen MR) is 83.9 cm³/mol. The Morgan fingerprint density at radius 3 is 2.91 bits per heavy atom. The Morgan fingerprint density at radius 2 is 2.26 bits per heavy atom. The average Bonchev–Trinajstić information content (AvgIpc) is 2.84. The van der Waals surface area contributed by atoms with Gasteiger partial charge in [-0.2, -0.15) is 5.10 Å². The number of hydrogen-bond donors (Lipinski definition) is 2. The Kier molecular flexibility index (Phi) is 5.35. The molecule has 1 heterocycles. The average molecular weight is 358 g/mol. The zero-order chi connectivity index (χ0) is 17.0. The van der Waals surface area contributed by atoms with Crippen molar-refractivity contribution in [3.63, 3.8) is 0 Å². The molecular formula is C13H9ClFN3O4S. The van der Waals surface area contributed by atoms with Crippen LogP contribution < -0.4 is 5.32 Å². The highest BCUT2D eigenvalue weighted by atomic mass is 35.5. The number of amides is 1. The van der Waals surface area contributed by atoms with Crippen molar-refractivity contribution in [3.8, 4) is 5.75 Å². The maximum absolute atomic E-state index is 13.3. The number of esters is 1. The van der Waals surface area contributed by atoms with E-state index in [2.05, 4.69) is 20.3 Å². The highest BCUT2D eigenvalue weighted by Crippen LogP contribution is 2.27. The van der Waals surface area contributed by atoms with Crippen LogP contribution in [0, 0.1) is 5.82 Å². The number of hydrogen-bond acceptors (Lipinski definition) is 7. The molecule has 23 heavy (non-hydrogen) atoms. The number of phenolic OH excluding ortho intramolecular Hbond substituents is 1. The van der Waals surface area contributed by atoms with Crippen molar-refractivity contribution in [2.45, 2.75) is 0 Å². The SMILES string of the molecule is COC(=O)/C=C1/S/C(=N\N=Cc2cc(F)c(O)c(Cl)c2)NC1=O. The number of ether oxygens (including phenoxy) is 1. The first-order valence-corrected chi connectivity index (χ1v) is 7.18. The zero-order valence-corrected chi connectivity index (χ0v) is 13.1. The zero-order valence-electron chi connectivity index (χ0n) is 11.5. The van der Waals surface area contributed by atoms with Crippen molar-refractivity contribution < 1.29 is 23.8 Å². The van der Waals surface area contributed by atoms with Crippen molar-refractivity contribution in [2.24, 2.45) is 10.2 Å².